The van der Waals surface area contributed by atoms with Gasteiger partial charge in [-0.15, -0.1) is 0 Å². The summed E-state index contributed by atoms with van der Waals surface area (Å²) < 4.78 is 0. The minimum atomic E-state index is -0.287. The summed E-state index contributed by atoms with van der Waals surface area (Å²) in [6, 6.07) is 18.7. The molecule has 5 heterocycles. The summed E-state index contributed by atoms with van der Waals surface area (Å²) in [6.45, 7) is 37.9. The van der Waals surface area contributed by atoms with E-state index in [2.05, 4.69) is 179 Å². The van der Waals surface area contributed by atoms with Crippen LogP contribution in [0.15, 0.2) is 48.5 Å². The third-order valence-electron chi connectivity index (χ3n) is 13.1. The number of fused-ring (bicyclic) bond motifs is 8. The van der Waals surface area contributed by atoms with E-state index in [1.165, 1.54) is 45.6 Å². The number of aromatic amines is 4. The second-order valence-electron chi connectivity index (χ2n) is 18.6. The lowest BCUT2D eigenvalue weighted by Gasteiger charge is -2.45. The summed E-state index contributed by atoms with van der Waals surface area (Å²) in [7, 11) is 0. The van der Waals surface area contributed by atoms with Crippen molar-refractivity contribution in [3.63, 3.8) is 0 Å². The van der Waals surface area contributed by atoms with E-state index in [0.717, 1.165) is 0 Å². The van der Waals surface area contributed by atoms with Crippen molar-refractivity contribution < 1.29 is 0 Å². The molecule has 1 aliphatic heterocycles. The lowest BCUT2D eigenvalue weighted by Crippen LogP contribution is -2.43. The smallest absolute Gasteiger partial charge is 0.0523 e. The predicted molar refractivity (Wildman–Crippen MR) is 187 cm³/mol. The maximum Gasteiger partial charge on any atom is 0.0523 e. The Labute approximate surface area is 267 Å². The molecule has 4 aromatic rings. The van der Waals surface area contributed by atoms with Gasteiger partial charge in [0.15, 0.2) is 0 Å². The molecule has 0 aliphatic carbocycles. The average molecular weight is 597 g/mol. The minimum Gasteiger partial charge on any atom is -0.361 e. The summed E-state index contributed by atoms with van der Waals surface area (Å²) >= 11 is 0. The monoisotopic (exact) mass is 596 g/mol. The van der Waals surface area contributed by atoms with Crippen LogP contribution in [-0.2, 0) is 21.7 Å². The van der Waals surface area contributed by atoms with Crippen LogP contribution in [0, 0.1) is 21.7 Å². The zero-order chi connectivity index (χ0) is 33.1. The predicted octanol–water partition coefficient (Wildman–Crippen LogP) is 10.7. The van der Waals surface area contributed by atoms with Crippen molar-refractivity contribution >= 4 is 0 Å². The minimum absolute atomic E-state index is 0.0628. The quantitative estimate of drug-likeness (QED) is 0.156. The second-order valence-corrected chi connectivity index (χ2v) is 18.6. The van der Waals surface area contributed by atoms with E-state index < -0.39 is 0 Å². The SMILES string of the molecule is CC(C)(C)C1(C)c2ccc([nH]2)C(C)(C(C)(C)C)c2ccc([nH]2)C(C)(C(C)(C)C)c2ccc([nH]2)C(C)(C(C)(C)C)c2ccc1[nH]2. The Morgan fingerprint density at radius 1 is 0.295 bits per heavy atom. The molecule has 0 atom stereocenters. The van der Waals surface area contributed by atoms with Gasteiger partial charge in [-0.3, -0.25) is 0 Å². The molecule has 0 spiro atoms. The van der Waals surface area contributed by atoms with Crippen LogP contribution < -0.4 is 0 Å². The van der Waals surface area contributed by atoms with Gasteiger partial charge in [-0.25, -0.2) is 0 Å². The second kappa shape index (κ2) is 9.33. The first-order valence-corrected chi connectivity index (χ1v) is 16.6. The molecule has 0 saturated heterocycles. The van der Waals surface area contributed by atoms with Gasteiger partial charge in [-0.05, 0) is 97.9 Å². The summed E-state index contributed by atoms with van der Waals surface area (Å²) in [5.74, 6) is 0. The van der Waals surface area contributed by atoms with Crippen LogP contribution in [0.1, 0.15) is 156 Å². The van der Waals surface area contributed by atoms with Gasteiger partial charge >= 0.3 is 0 Å². The zero-order valence-corrected chi connectivity index (χ0v) is 30.6. The molecule has 0 saturated carbocycles. The van der Waals surface area contributed by atoms with Crippen molar-refractivity contribution in [2.45, 2.75) is 132 Å². The molecule has 240 valence electrons. The highest BCUT2D eigenvalue weighted by atomic mass is 14.9. The van der Waals surface area contributed by atoms with E-state index in [9.17, 15) is 0 Å². The summed E-state index contributed by atoms with van der Waals surface area (Å²) in [4.78, 5) is 16.2. The van der Waals surface area contributed by atoms with Gasteiger partial charge in [0, 0.05) is 45.6 Å². The number of rotatable bonds is 0. The molecular weight excluding hydrogens is 536 g/mol. The molecule has 0 amide bonds. The van der Waals surface area contributed by atoms with E-state index in [1.807, 2.05) is 0 Å². The molecule has 0 aromatic carbocycles. The van der Waals surface area contributed by atoms with Crippen molar-refractivity contribution in [2.24, 2.45) is 21.7 Å². The van der Waals surface area contributed by atoms with Crippen molar-refractivity contribution in [1.82, 2.24) is 19.9 Å². The van der Waals surface area contributed by atoms with Crippen molar-refractivity contribution in [3.8, 4) is 0 Å². The van der Waals surface area contributed by atoms with Crippen molar-refractivity contribution in [2.75, 3.05) is 0 Å². The normalized spacial score (nSPS) is 28.4. The van der Waals surface area contributed by atoms with E-state index in [-0.39, 0.29) is 43.3 Å². The van der Waals surface area contributed by atoms with Crippen LogP contribution in [0.3, 0.4) is 0 Å². The van der Waals surface area contributed by atoms with Gasteiger partial charge in [0.2, 0.25) is 0 Å². The number of hydrogen-bond donors (Lipinski definition) is 4. The Hall–Kier alpha value is -2.88. The fourth-order valence-electron chi connectivity index (χ4n) is 7.73. The van der Waals surface area contributed by atoms with Gasteiger partial charge in [-0.2, -0.15) is 0 Å². The highest BCUT2D eigenvalue weighted by Crippen LogP contribution is 2.54. The van der Waals surface area contributed by atoms with Gasteiger partial charge in [-0.1, -0.05) is 83.1 Å². The van der Waals surface area contributed by atoms with Crippen molar-refractivity contribution in [1.29, 1.82) is 0 Å². The van der Waals surface area contributed by atoms with Crippen LogP contribution in [0.2, 0.25) is 0 Å². The number of aromatic nitrogens is 4. The Bertz CT molecular complexity index is 1330. The first-order chi connectivity index (χ1) is 19.8. The molecular formula is C40H60N4. The molecule has 44 heavy (non-hydrogen) atoms. The number of nitrogens with one attached hydrogen (secondary N) is 4. The zero-order valence-electron chi connectivity index (χ0n) is 30.6. The first-order valence-electron chi connectivity index (χ1n) is 16.6. The van der Waals surface area contributed by atoms with Crippen LogP contribution >= 0.6 is 0 Å². The molecule has 8 bridgehead atoms. The third-order valence-corrected chi connectivity index (χ3v) is 13.1. The van der Waals surface area contributed by atoms with Crippen molar-refractivity contribution in [3.05, 3.63) is 94.1 Å². The fraction of sp³-hybridized carbons (Fsp3) is 0.600. The average Bonchev–Trinajstić information content (AvgIpc) is 3.70. The standard InChI is InChI=1S/C40H60N4/c1-33(2,3)37(13)25-17-19-27(41-25)38(14,34(4,5)6)29-21-23-31(43-29)40(16,36(10,11)12)32-24-22-30(44-32)39(15,35(7,8)9)28-20-18-26(37)42-28/h17-24,41-44H,1-16H3. The lowest BCUT2D eigenvalue weighted by atomic mass is 9.63. The Morgan fingerprint density at radius 3 is 0.500 bits per heavy atom. The molecule has 0 radical (unpaired) electrons. The van der Waals surface area contributed by atoms with Crippen LogP contribution in [0.5, 0.6) is 0 Å². The van der Waals surface area contributed by atoms with Gasteiger partial charge in [0.05, 0.1) is 21.7 Å². The van der Waals surface area contributed by atoms with Gasteiger partial charge < -0.3 is 19.9 Å². The molecule has 1 aliphatic rings. The Balaban J connectivity index is 1.93. The van der Waals surface area contributed by atoms with Gasteiger partial charge in [0.1, 0.15) is 0 Å². The summed E-state index contributed by atoms with van der Waals surface area (Å²) in [6.07, 6.45) is 0. The summed E-state index contributed by atoms with van der Waals surface area (Å²) in [5, 5.41) is 0. The summed E-state index contributed by atoms with van der Waals surface area (Å²) in [5.41, 5.74) is 8.50. The number of H-pyrrole nitrogens is 4. The fourth-order valence-corrected chi connectivity index (χ4v) is 7.73. The highest BCUT2D eigenvalue weighted by molar-refractivity contribution is 5.47. The van der Waals surface area contributed by atoms with Crippen LogP contribution in [-0.4, -0.2) is 19.9 Å². The Kier molecular flexibility index (Phi) is 6.89. The molecule has 4 aromatic heterocycles. The third kappa shape index (κ3) is 4.14. The maximum absolute atomic E-state index is 4.04. The van der Waals surface area contributed by atoms with E-state index >= 15 is 0 Å². The van der Waals surface area contributed by atoms with E-state index in [4.69, 9.17) is 0 Å². The highest BCUT2D eigenvalue weighted by Gasteiger charge is 2.51. The number of hydrogen-bond acceptors (Lipinski definition) is 0. The topological polar surface area (TPSA) is 63.2 Å². The lowest BCUT2D eigenvalue weighted by molar-refractivity contribution is 0.219. The molecule has 4 nitrogen and oxygen atoms in total. The first kappa shape index (κ1) is 32.5. The van der Waals surface area contributed by atoms with E-state index in [1.54, 1.807) is 0 Å². The maximum atomic E-state index is 4.04. The largest absolute Gasteiger partial charge is 0.361 e. The molecule has 0 unspecified atom stereocenters. The van der Waals surface area contributed by atoms with Crippen LogP contribution in [0.25, 0.3) is 0 Å². The van der Waals surface area contributed by atoms with E-state index in [0.29, 0.717) is 0 Å². The Morgan fingerprint density at radius 2 is 0.409 bits per heavy atom. The molecule has 4 heteroatoms. The van der Waals surface area contributed by atoms with Crippen LogP contribution in [0.4, 0.5) is 0 Å². The molecule has 4 N–H and O–H groups in total. The molecule has 5 rings (SSSR count). The van der Waals surface area contributed by atoms with Gasteiger partial charge in [0.25, 0.3) is 0 Å². The molecule has 0 fully saturated rings.